The van der Waals surface area contributed by atoms with E-state index in [1.54, 1.807) is 24.1 Å². The third kappa shape index (κ3) is 5.88. The Morgan fingerprint density at radius 2 is 2.04 bits per heavy atom. The summed E-state index contributed by atoms with van der Waals surface area (Å²) in [5.41, 5.74) is -0.533. The molecule has 0 saturated heterocycles. The lowest BCUT2D eigenvalue weighted by atomic mass is 9.85. The van der Waals surface area contributed by atoms with E-state index in [0.717, 1.165) is 19.3 Å². The number of alkyl carbamates (subject to hydrolysis) is 1. The van der Waals surface area contributed by atoms with Crippen LogP contribution in [0.25, 0.3) is 0 Å². The summed E-state index contributed by atoms with van der Waals surface area (Å²) in [6, 6.07) is 3.38. The zero-order chi connectivity index (χ0) is 18.6. The number of carbonyl (C=O) groups excluding carboxylic acids is 2. The first-order valence-electron chi connectivity index (χ1n) is 8.54. The van der Waals surface area contributed by atoms with E-state index >= 15 is 0 Å². The first kappa shape index (κ1) is 19.5. The Labute approximate surface area is 153 Å². The Balaban J connectivity index is 1.94. The molecule has 1 fully saturated rings. The van der Waals surface area contributed by atoms with E-state index in [2.05, 4.69) is 10.3 Å². The van der Waals surface area contributed by atoms with Crippen LogP contribution in [0.4, 0.5) is 10.6 Å². The zero-order valence-electron chi connectivity index (χ0n) is 15.2. The number of carbonyl (C=O) groups is 2. The Morgan fingerprint density at radius 1 is 1.32 bits per heavy atom. The summed E-state index contributed by atoms with van der Waals surface area (Å²) in [6.45, 7) is 5.48. The smallest absolute Gasteiger partial charge is 0.407 e. The van der Waals surface area contributed by atoms with Crippen molar-refractivity contribution in [2.75, 3.05) is 11.9 Å². The normalized spacial score (nSPS) is 20.7. The second-order valence-electron chi connectivity index (χ2n) is 7.44. The predicted octanol–water partition coefficient (Wildman–Crippen LogP) is 3.78. The minimum absolute atomic E-state index is 0.00510. The lowest BCUT2D eigenvalue weighted by molar-refractivity contribution is -0.123. The van der Waals surface area contributed by atoms with Crippen LogP contribution >= 0.6 is 11.6 Å². The Bertz CT molecular complexity index is 613. The van der Waals surface area contributed by atoms with Crippen LogP contribution in [0.15, 0.2) is 18.3 Å². The molecule has 1 heterocycles. The molecule has 1 saturated carbocycles. The second-order valence-corrected chi connectivity index (χ2v) is 7.87. The van der Waals surface area contributed by atoms with Crippen molar-refractivity contribution in [1.82, 2.24) is 10.3 Å². The van der Waals surface area contributed by atoms with Gasteiger partial charge in [0.25, 0.3) is 0 Å². The molecule has 1 aromatic heterocycles. The molecule has 2 rings (SSSR count). The van der Waals surface area contributed by atoms with Crippen molar-refractivity contribution < 1.29 is 14.3 Å². The Morgan fingerprint density at radius 3 is 2.64 bits per heavy atom. The number of halogens is 1. The topological polar surface area (TPSA) is 71.5 Å². The van der Waals surface area contributed by atoms with Gasteiger partial charge in [-0.2, -0.15) is 0 Å². The lowest BCUT2D eigenvalue weighted by Gasteiger charge is -2.31. The number of hydrogen-bond donors (Lipinski definition) is 1. The number of anilines is 1. The fraction of sp³-hybridized carbons (Fsp3) is 0.611. The number of nitrogens with one attached hydrogen (secondary N) is 1. The van der Waals surface area contributed by atoms with Gasteiger partial charge in [-0.3, -0.25) is 9.69 Å². The van der Waals surface area contributed by atoms with Gasteiger partial charge in [0.05, 0.1) is 5.02 Å². The molecule has 1 aromatic rings. The number of amides is 2. The third-order valence-corrected chi connectivity index (χ3v) is 4.35. The van der Waals surface area contributed by atoms with Gasteiger partial charge in [-0.1, -0.05) is 18.0 Å². The monoisotopic (exact) mass is 367 g/mol. The first-order valence-corrected chi connectivity index (χ1v) is 8.92. The van der Waals surface area contributed by atoms with Gasteiger partial charge in [-0.05, 0) is 52.2 Å². The van der Waals surface area contributed by atoms with E-state index in [4.69, 9.17) is 16.3 Å². The fourth-order valence-electron chi connectivity index (χ4n) is 2.97. The highest BCUT2D eigenvalue weighted by Crippen LogP contribution is 2.27. The number of hydrogen-bond acceptors (Lipinski definition) is 4. The molecule has 0 aromatic carbocycles. The molecule has 1 aliphatic carbocycles. The summed E-state index contributed by atoms with van der Waals surface area (Å²) >= 11 is 5.84. The summed E-state index contributed by atoms with van der Waals surface area (Å²) < 4.78 is 5.30. The highest BCUT2D eigenvalue weighted by Gasteiger charge is 2.31. The van der Waals surface area contributed by atoms with Gasteiger partial charge in [0.2, 0.25) is 5.91 Å². The summed E-state index contributed by atoms with van der Waals surface area (Å²) in [6.07, 6.45) is 4.25. The standard InChI is InChI=1S/C18H26ClN3O3/c1-18(2,3)25-17(24)21-14-7-5-6-12(10-14)16(23)22(4)15-9-8-13(19)11-20-15/h8-9,11-12,14H,5-7,10H2,1-4H3,(H,21,24). The molecule has 2 atom stereocenters. The molecule has 0 bridgehead atoms. The zero-order valence-corrected chi connectivity index (χ0v) is 16.0. The minimum Gasteiger partial charge on any atom is -0.444 e. The van der Waals surface area contributed by atoms with Gasteiger partial charge < -0.3 is 10.1 Å². The van der Waals surface area contributed by atoms with E-state index in [1.165, 1.54) is 6.20 Å². The molecular formula is C18H26ClN3O3. The molecule has 2 unspecified atom stereocenters. The number of aromatic nitrogens is 1. The quantitative estimate of drug-likeness (QED) is 0.882. The van der Waals surface area contributed by atoms with Crippen molar-refractivity contribution >= 4 is 29.4 Å². The maximum atomic E-state index is 12.8. The van der Waals surface area contributed by atoms with Crippen molar-refractivity contribution in [3.05, 3.63) is 23.4 Å². The maximum absolute atomic E-state index is 12.8. The molecule has 138 valence electrons. The van der Waals surface area contributed by atoms with Crippen LogP contribution in [-0.4, -0.2) is 35.7 Å². The highest BCUT2D eigenvalue weighted by molar-refractivity contribution is 6.30. The van der Waals surface area contributed by atoms with Crippen LogP contribution in [0.3, 0.4) is 0 Å². The Hall–Kier alpha value is -1.82. The summed E-state index contributed by atoms with van der Waals surface area (Å²) in [7, 11) is 1.71. The molecule has 1 N–H and O–H groups in total. The van der Waals surface area contributed by atoms with Crippen LogP contribution in [0.1, 0.15) is 46.5 Å². The number of pyridine rings is 1. The van der Waals surface area contributed by atoms with Gasteiger partial charge >= 0.3 is 6.09 Å². The number of ether oxygens (including phenoxy) is 1. The lowest BCUT2D eigenvalue weighted by Crippen LogP contribution is -2.44. The molecular weight excluding hydrogens is 342 g/mol. The maximum Gasteiger partial charge on any atom is 0.407 e. The number of rotatable bonds is 3. The summed E-state index contributed by atoms with van der Waals surface area (Å²) in [4.78, 5) is 30.4. The Kier molecular flexibility index (Phi) is 6.27. The van der Waals surface area contributed by atoms with Gasteiger partial charge in [0.15, 0.2) is 0 Å². The fourth-order valence-corrected chi connectivity index (χ4v) is 3.08. The number of nitrogens with zero attached hydrogens (tertiary/aromatic N) is 2. The van der Waals surface area contributed by atoms with Gasteiger partial charge in [0.1, 0.15) is 11.4 Å². The van der Waals surface area contributed by atoms with E-state index in [1.807, 2.05) is 20.8 Å². The molecule has 6 nitrogen and oxygen atoms in total. The van der Waals surface area contributed by atoms with E-state index < -0.39 is 11.7 Å². The van der Waals surface area contributed by atoms with Gasteiger partial charge in [-0.25, -0.2) is 9.78 Å². The van der Waals surface area contributed by atoms with Gasteiger partial charge in [0, 0.05) is 25.2 Å². The first-order chi connectivity index (χ1) is 11.7. The van der Waals surface area contributed by atoms with Crippen molar-refractivity contribution in [2.45, 2.75) is 58.1 Å². The minimum atomic E-state index is -0.533. The van der Waals surface area contributed by atoms with Crippen LogP contribution in [0.2, 0.25) is 5.02 Å². The average Bonchev–Trinajstić information content (AvgIpc) is 2.52. The molecule has 25 heavy (non-hydrogen) atoms. The molecule has 0 spiro atoms. The van der Waals surface area contributed by atoms with Crippen molar-refractivity contribution in [3.63, 3.8) is 0 Å². The molecule has 0 aliphatic heterocycles. The molecule has 2 amide bonds. The van der Waals surface area contributed by atoms with Gasteiger partial charge in [-0.15, -0.1) is 0 Å². The van der Waals surface area contributed by atoms with Crippen LogP contribution in [-0.2, 0) is 9.53 Å². The van der Waals surface area contributed by atoms with Crippen LogP contribution in [0.5, 0.6) is 0 Å². The summed E-state index contributed by atoms with van der Waals surface area (Å²) in [5, 5.41) is 3.41. The van der Waals surface area contributed by atoms with Crippen molar-refractivity contribution in [2.24, 2.45) is 5.92 Å². The van der Waals surface area contributed by atoms with E-state index in [0.29, 0.717) is 17.3 Å². The third-order valence-electron chi connectivity index (χ3n) is 4.13. The average molecular weight is 368 g/mol. The largest absolute Gasteiger partial charge is 0.444 e. The predicted molar refractivity (Wildman–Crippen MR) is 97.8 cm³/mol. The van der Waals surface area contributed by atoms with Crippen LogP contribution in [0, 0.1) is 5.92 Å². The van der Waals surface area contributed by atoms with E-state index in [-0.39, 0.29) is 17.9 Å². The summed E-state index contributed by atoms with van der Waals surface area (Å²) in [5.74, 6) is 0.429. The highest BCUT2D eigenvalue weighted by atomic mass is 35.5. The SMILES string of the molecule is CN(C(=O)C1CCCC(NC(=O)OC(C)(C)C)C1)c1ccc(Cl)cn1. The molecule has 7 heteroatoms. The molecule has 0 radical (unpaired) electrons. The van der Waals surface area contributed by atoms with Crippen molar-refractivity contribution in [1.29, 1.82) is 0 Å². The molecule has 1 aliphatic rings. The van der Waals surface area contributed by atoms with Crippen molar-refractivity contribution in [3.8, 4) is 0 Å². The van der Waals surface area contributed by atoms with Crippen LogP contribution < -0.4 is 10.2 Å². The van der Waals surface area contributed by atoms with E-state index in [9.17, 15) is 9.59 Å². The second kappa shape index (κ2) is 8.04.